The highest BCUT2D eigenvalue weighted by Crippen LogP contribution is 2.38. The molecule has 2 rings (SSSR count). The second-order valence-corrected chi connectivity index (χ2v) is 6.55. The monoisotopic (exact) mass is 424 g/mol. The lowest BCUT2D eigenvalue weighted by atomic mass is 10.2. The maximum atomic E-state index is 6.24. The first-order valence-electron chi connectivity index (χ1n) is 5.42. The first-order chi connectivity index (χ1) is 9.15. The summed E-state index contributed by atoms with van der Waals surface area (Å²) in [6.07, 6.45) is 0. The van der Waals surface area contributed by atoms with Gasteiger partial charge in [-0.25, -0.2) is 0 Å². The van der Waals surface area contributed by atoms with Gasteiger partial charge in [0.15, 0.2) is 11.5 Å². The molecule has 0 aliphatic heterocycles. The molecule has 0 amide bonds. The highest BCUT2D eigenvalue weighted by Gasteiger charge is 2.13. The van der Waals surface area contributed by atoms with Gasteiger partial charge in [0.2, 0.25) is 0 Å². The smallest absolute Gasteiger partial charge is 0.180 e. The van der Waals surface area contributed by atoms with Crippen molar-refractivity contribution in [3.05, 3.63) is 43.5 Å². The molecule has 0 saturated heterocycles. The van der Waals surface area contributed by atoms with Crippen LogP contribution in [0.2, 0.25) is 5.02 Å². The molecule has 0 spiro atoms. The maximum absolute atomic E-state index is 6.24. The fraction of sp³-hybridized carbons (Fsp3) is 0.231. The van der Waals surface area contributed by atoms with E-state index in [0.717, 1.165) is 20.2 Å². The Morgan fingerprint density at radius 3 is 2.74 bits per heavy atom. The van der Waals surface area contributed by atoms with Crippen molar-refractivity contribution in [1.82, 2.24) is 0 Å². The fourth-order valence-electron chi connectivity index (χ4n) is 1.56. The Bertz CT molecular complexity index is 572. The third kappa shape index (κ3) is 3.66. The summed E-state index contributed by atoms with van der Waals surface area (Å²) >= 11 is 14.7. The average molecular weight is 427 g/mol. The van der Waals surface area contributed by atoms with E-state index in [1.54, 1.807) is 18.4 Å². The van der Waals surface area contributed by atoms with E-state index < -0.39 is 0 Å². The molecule has 0 unspecified atom stereocenters. The van der Waals surface area contributed by atoms with Gasteiger partial charge >= 0.3 is 0 Å². The fourth-order valence-corrected chi connectivity index (χ4v) is 3.55. The molecule has 1 heterocycles. The summed E-state index contributed by atoms with van der Waals surface area (Å²) in [5.74, 6) is 1.23. The van der Waals surface area contributed by atoms with E-state index in [9.17, 15) is 0 Å². The summed E-state index contributed by atoms with van der Waals surface area (Å²) in [6.45, 7) is 0.460. The molecule has 102 valence electrons. The summed E-state index contributed by atoms with van der Waals surface area (Å²) in [6, 6.07) is 5.78. The normalized spacial score (nSPS) is 10.5. The molecule has 0 aliphatic carbocycles. The van der Waals surface area contributed by atoms with Gasteiger partial charge in [-0.3, -0.25) is 0 Å². The van der Waals surface area contributed by atoms with Crippen LogP contribution in [0.4, 0.5) is 0 Å². The quantitative estimate of drug-likeness (QED) is 0.576. The lowest BCUT2D eigenvalue weighted by Gasteiger charge is -2.13. The number of ether oxygens (including phenoxy) is 2. The van der Waals surface area contributed by atoms with Crippen molar-refractivity contribution in [2.75, 3.05) is 7.11 Å². The van der Waals surface area contributed by atoms with Crippen LogP contribution in [-0.4, -0.2) is 7.11 Å². The number of hydrogen-bond acceptors (Lipinski definition) is 3. The molecule has 6 heteroatoms. The van der Waals surface area contributed by atoms with Crippen molar-refractivity contribution in [2.24, 2.45) is 0 Å². The maximum Gasteiger partial charge on any atom is 0.180 e. The number of alkyl halides is 1. The number of hydrogen-bond donors (Lipinski definition) is 0. The molecule has 1 aromatic carbocycles. The van der Waals surface area contributed by atoms with E-state index in [2.05, 4.69) is 31.9 Å². The van der Waals surface area contributed by atoms with E-state index in [0.29, 0.717) is 23.1 Å². The molecular weight excluding hydrogens is 415 g/mol. The van der Waals surface area contributed by atoms with Crippen LogP contribution < -0.4 is 9.47 Å². The van der Waals surface area contributed by atoms with Gasteiger partial charge in [-0.15, -0.1) is 11.3 Å². The third-order valence-electron chi connectivity index (χ3n) is 2.48. The minimum Gasteiger partial charge on any atom is -0.493 e. The summed E-state index contributed by atoms with van der Waals surface area (Å²) in [4.78, 5) is 1.11. The Labute approximate surface area is 137 Å². The van der Waals surface area contributed by atoms with Crippen molar-refractivity contribution in [1.29, 1.82) is 0 Å². The molecule has 0 aliphatic rings. The topological polar surface area (TPSA) is 18.5 Å². The zero-order valence-corrected chi connectivity index (χ0v) is 14.8. The van der Waals surface area contributed by atoms with Gasteiger partial charge in [-0.2, -0.15) is 0 Å². The predicted molar refractivity (Wildman–Crippen MR) is 87.0 cm³/mol. The zero-order chi connectivity index (χ0) is 13.8. The lowest BCUT2D eigenvalue weighted by molar-refractivity contribution is 0.287. The largest absolute Gasteiger partial charge is 0.493 e. The summed E-state index contributed by atoms with van der Waals surface area (Å²) < 4.78 is 12.2. The number of rotatable bonds is 5. The van der Waals surface area contributed by atoms with E-state index in [4.69, 9.17) is 21.1 Å². The second-order valence-electron chi connectivity index (χ2n) is 3.72. The molecule has 0 saturated carbocycles. The molecule has 0 bridgehead atoms. The Hall–Kier alpha value is -0.230. The second kappa shape index (κ2) is 6.97. The predicted octanol–water partition coefficient (Wildman–Crippen LogP) is 5.65. The van der Waals surface area contributed by atoms with Crippen LogP contribution in [0.15, 0.2) is 28.1 Å². The Kier molecular flexibility index (Phi) is 5.57. The van der Waals surface area contributed by atoms with Crippen molar-refractivity contribution in [2.45, 2.75) is 11.9 Å². The Balaban J connectivity index is 2.22. The summed E-state index contributed by atoms with van der Waals surface area (Å²) in [5.41, 5.74) is 1.05. The zero-order valence-electron chi connectivity index (χ0n) is 10.1. The highest BCUT2D eigenvalue weighted by atomic mass is 79.9. The number of methoxy groups -OCH3 is 1. The van der Waals surface area contributed by atoms with Crippen LogP contribution in [0.3, 0.4) is 0 Å². The van der Waals surface area contributed by atoms with Crippen molar-refractivity contribution in [3.63, 3.8) is 0 Å². The third-order valence-corrected chi connectivity index (χ3v) is 5.31. The van der Waals surface area contributed by atoms with Gasteiger partial charge in [-0.05, 0) is 45.1 Å². The van der Waals surface area contributed by atoms with Crippen LogP contribution in [0.25, 0.3) is 0 Å². The number of benzene rings is 1. The minimum atomic E-state index is 0.460. The lowest BCUT2D eigenvalue weighted by Crippen LogP contribution is -1.98. The van der Waals surface area contributed by atoms with Crippen molar-refractivity contribution >= 4 is 54.8 Å². The summed E-state index contributed by atoms with van der Waals surface area (Å²) in [5, 5.41) is 3.29. The van der Waals surface area contributed by atoms with E-state index in [1.165, 1.54) is 0 Å². The number of thiophene rings is 1. The van der Waals surface area contributed by atoms with Crippen LogP contribution in [0, 0.1) is 0 Å². The van der Waals surface area contributed by atoms with Crippen LogP contribution in [-0.2, 0) is 11.9 Å². The SMILES string of the molecule is COc1cc(CBr)cc(Cl)c1OCc1sccc1Br. The Morgan fingerprint density at radius 2 is 2.16 bits per heavy atom. The van der Waals surface area contributed by atoms with Gasteiger partial charge in [-0.1, -0.05) is 27.5 Å². The highest BCUT2D eigenvalue weighted by molar-refractivity contribution is 9.10. The standard InChI is InChI=1S/C13H11Br2ClO2S/c1-17-11-5-8(6-14)4-10(16)13(11)18-7-12-9(15)2-3-19-12/h2-5H,6-7H2,1H3. The van der Waals surface area contributed by atoms with E-state index in [-0.39, 0.29) is 0 Å². The molecule has 1 aromatic heterocycles. The molecule has 2 aromatic rings. The molecule has 0 atom stereocenters. The Morgan fingerprint density at radius 1 is 1.37 bits per heavy atom. The van der Waals surface area contributed by atoms with Crippen molar-refractivity contribution < 1.29 is 9.47 Å². The van der Waals surface area contributed by atoms with Crippen LogP contribution in [0.1, 0.15) is 10.4 Å². The van der Waals surface area contributed by atoms with Gasteiger partial charge in [0.1, 0.15) is 6.61 Å². The molecule has 0 N–H and O–H groups in total. The van der Waals surface area contributed by atoms with Crippen LogP contribution in [0.5, 0.6) is 11.5 Å². The van der Waals surface area contributed by atoms with Gasteiger partial charge in [0.25, 0.3) is 0 Å². The number of halogens is 3. The van der Waals surface area contributed by atoms with E-state index in [1.807, 2.05) is 23.6 Å². The van der Waals surface area contributed by atoms with Gasteiger partial charge in [0, 0.05) is 9.80 Å². The summed E-state index contributed by atoms with van der Waals surface area (Å²) in [7, 11) is 1.61. The molecular formula is C13H11Br2ClO2S. The van der Waals surface area contributed by atoms with E-state index >= 15 is 0 Å². The minimum absolute atomic E-state index is 0.460. The molecule has 2 nitrogen and oxygen atoms in total. The first kappa shape index (κ1) is 15.2. The molecule has 0 radical (unpaired) electrons. The molecule has 19 heavy (non-hydrogen) atoms. The van der Waals surface area contributed by atoms with Crippen molar-refractivity contribution in [3.8, 4) is 11.5 Å². The first-order valence-corrected chi connectivity index (χ1v) is 8.60. The van der Waals surface area contributed by atoms with Gasteiger partial charge in [0.05, 0.1) is 17.0 Å². The van der Waals surface area contributed by atoms with Crippen LogP contribution >= 0.6 is 54.8 Å². The average Bonchev–Trinajstić information content (AvgIpc) is 2.82. The molecule has 0 fully saturated rings. The van der Waals surface area contributed by atoms with Gasteiger partial charge < -0.3 is 9.47 Å².